The van der Waals surface area contributed by atoms with Crippen LogP contribution < -0.4 is 10.1 Å². The van der Waals surface area contributed by atoms with Gasteiger partial charge in [-0.15, -0.1) is 10.2 Å². The number of fused-ring (bicyclic) bond motifs is 1. The number of nitrogens with zero attached hydrogens (tertiary/aromatic N) is 3. The van der Waals surface area contributed by atoms with Crippen molar-refractivity contribution in [3.63, 3.8) is 0 Å². The van der Waals surface area contributed by atoms with Crippen LogP contribution in [-0.4, -0.2) is 27.6 Å². The number of hydrogen-bond acceptors (Lipinski definition) is 4. The first-order valence-electron chi connectivity index (χ1n) is 6.57. The van der Waals surface area contributed by atoms with Crippen LogP contribution in [0.4, 0.5) is 5.69 Å². The topological polar surface area (TPSA) is 68.5 Å². The van der Waals surface area contributed by atoms with E-state index < -0.39 is 0 Å². The van der Waals surface area contributed by atoms with E-state index in [-0.39, 0.29) is 12.3 Å². The fourth-order valence-corrected chi connectivity index (χ4v) is 2.57. The van der Waals surface area contributed by atoms with Gasteiger partial charge in [0, 0.05) is 10.7 Å². The van der Waals surface area contributed by atoms with Gasteiger partial charge in [0.15, 0.2) is 5.65 Å². The van der Waals surface area contributed by atoms with E-state index in [1.165, 1.54) is 0 Å². The van der Waals surface area contributed by atoms with Gasteiger partial charge in [0.05, 0.1) is 19.2 Å². The summed E-state index contributed by atoms with van der Waals surface area (Å²) in [5.41, 5.74) is 2.13. The molecule has 1 amide bonds. The minimum absolute atomic E-state index is 0.117. The Hall–Kier alpha value is -2.41. The predicted octanol–water partition coefficient (Wildman–Crippen LogP) is 2.68. The van der Waals surface area contributed by atoms with Crippen LogP contribution in [-0.2, 0) is 11.2 Å². The van der Waals surface area contributed by atoms with Crippen molar-refractivity contribution in [1.82, 2.24) is 14.6 Å². The van der Waals surface area contributed by atoms with E-state index in [0.29, 0.717) is 11.3 Å². The molecule has 0 fully saturated rings. The molecule has 0 spiro atoms. The van der Waals surface area contributed by atoms with Gasteiger partial charge in [-0.2, -0.15) is 0 Å². The highest BCUT2D eigenvalue weighted by Gasteiger charge is 2.10. The highest BCUT2D eigenvalue weighted by atomic mass is 79.9. The maximum Gasteiger partial charge on any atom is 0.228 e. The molecule has 0 bridgehead atoms. The predicted molar refractivity (Wildman–Crippen MR) is 86.0 cm³/mol. The lowest BCUT2D eigenvalue weighted by atomic mass is 10.1. The molecule has 0 unspecified atom stereocenters. The number of methoxy groups -OCH3 is 1. The van der Waals surface area contributed by atoms with Crippen LogP contribution in [0.5, 0.6) is 5.75 Å². The molecule has 0 saturated carbocycles. The quantitative estimate of drug-likeness (QED) is 0.776. The summed E-state index contributed by atoms with van der Waals surface area (Å²) in [5.74, 6) is 0.648. The van der Waals surface area contributed by atoms with E-state index in [4.69, 9.17) is 4.74 Å². The van der Waals surface area contributed by atoms with Crippen molar-refractivity contribution >= 4 is 33.2 Å². The number of nitrogens with one attached hydrogen (secondary N) is 1. The molecule has 7 heteroatoms. The number of ether oxygens (including phenoxy) is 1. The Bertz CT molecular complexity index is 814. The average molecular weight is 361 g/mol. The van der Waals surface area contributed by atoms with Gasteiger partial charge in [-0.1, -0.05) is 12.1 Å². The van der Waals surface area contributed by atoms with Gasteiger partial charge in [-0.25, -0.2) is 0 Å². The molecule has 0 saturated heterocycles. The molecule has 2 aromatic heterocycles. The molecule has 6 nitrogen and oxygen atoms in total. The van der Waals surface area contributed by atoms with Crippen molar-refractivity contribution in [3.8, 4) is 5.75 Å². The number of benzene rings is 1. The van der Waals surface area contributed by atoms with Gasteiger partial charge >= 0.3 is 0 Å². The summed E-state index contributed by atoms with van der Waals surface area (Å²) in [5, 5.41) is 10.7. The third-order valence-electron chi connectivity index (χ3n) is 3.16. The lowest BCUT2D eigenvalue weighted by Gasteiger charge is -2.07. The molecule has 0 aliphatic carbocycles. The molecule has 112 valence electrons. The van der Waals surface area contributed by atoms with Crippen molar-refractivity contribution in [3.05, 3.63) is 52.9 Å². The number of amides is 1. The van der Waals surface area contributed by atoms with Crippen LogP contribution >= 0.6 is 15.9 Å². The molecule has 2 heterocycles. The summed E-state index contributed by atoms with van der Waals surface area (Å²) < 4.78 is 7.67. The maximum atomic E-state index is 12.2. The highest BCUT2D eigenvalue weighted by molar-refractivity contribution is 9.10. The number of halogens is 1. The van der Waals surface area contributed by atoms with Crippen LogP contribution in [0.3, 0.4) is 0 Å². The standard InChI is InChI=1S/C15H13BrN4O2/c1-22-12-4-2-10(3-5-12)6-14(21)18-13-7-11(16)8-20-9-17-19-15(13)20/h2-5,7-9H,6H2,1H3,(H,18,21). The second-order valence-electron chi connectivity index (χ2n) is 4.71. The zero-order chi connectivity index (χ0) is 15.5. The first-order chi connectivity index (χ1) is 10.7. The largest absolute Gasteiger partial charge is 0.497 e. The number of pyridine rings is 1. The third kappa shape index (κ3) is 3.09. The number of hydrogen-bond donors (Lipinski definition) is 1. The van der Waals surface area contributed by atoms with Crippen molar-refractivity contribution in [2.75, 3.05) is 12.4 Å². The van der Waals surface area contributed by atoms with Crippen LogP contribution in [0.25, 0.3) is 5.65 Å². The molecule has 1 N–H and O–H groups in total. The summed E-state index contributed by atoms with van der Waals surface area (Å²) in [6.07, 6.45) is 3.69. The van der Waals surface area contributed by atoms with Crippen molar-refractivity contribution < 1.29 is 9.53 Å². The number of anilines is 1. The minimum Gasteiger partial charge on any atom is -0.497 e. The maximum absolute atomic E-state index is 12.2. The van der Waals surface area contributed by atoms with Gasteiger partial charge < -0.3 is 10.1 Å². The number of carbonyl (C=O) groups excluding carboxylic acids is 1. The van der Waals surface area contributed by atoms with Crippen LogP contribution in [0.1, 0.15) is 5.56 Å². The van der Waals surface area contributed by atoms with Crippen LogP contribution in [0, 0.1) is 0 Å². The minimum atomic E-state index is -0.117. The van der Waals surface area contributed by atoms with E-state index in [2.05, 4.69) is 31.4 Å². The molecule has 3 aromatic rings. The lowest BCUT2D eigenvalue weighted by molar-refractivity contribution is -0.115. The average Bonchev–Trinajstić information content (AvgIpc) is 2.96. The molecule has 22 heavy (non-hydrogen) atoms. The molecule has 0 radical (unpaired) electrons. The number of aromatic nitrogens is 3. The Kier molecular flexibility index (Phi) is 4.06. The summed E-state index contributed by atoms with van der Waals surface area (Å²) in [6.45, 7) is 0. The second kappa shape index (κ2) is 6.15. The first-order valence-corrected chi connectivity index (χ1v) is 7.36. The smallest absolute Gasteiger partial charge is 0.228 e. The van der Waals surface area contributed by atoms with E-state index >= 15 is 0 Å². The Balaban J connectivity index is 1.76. The van der Waals surface area contributed by atoms with Crippen molar-refractivity contribution in [2.45, 2.75) is 6.42 Å². The zero-order valence-corrected chi connectivity index (χ0v) is 13.4. The molecular formula is C15H13BrN4O2. The van der Waals surface area contributed by atoms with Gasteiger partial charge in [0.2, 0.25) is 5.91 Å². The molecule has 0 atom stereocenters. The SMILES string of the molecule is COc1ccc(CC(=O)Nc2cc(Br)cn3cnnc23)cc1. The monoisotopic (exact) mass is 360 g/mol. The Labute approximate surface area is 135 Å². The van der Waals surface area contributed by atoms with Crippen molar-refractivity contribution in [2.24, 2.45) is 0 Å². The summed E-state index contributed by atoms with van der Waals surface area (Å²) >= 11 is 3.40. The Morgan fingerprint density at radius 1 is 1.36 bits per heavy atom. The Morgan fingerprint density at radius 2 is 2.14 bits per heavy atom. The third-order valence-corrected chi connectivity index (χ3v) is 3.59. The zero-order valence-electron chi connectivity index (χ0n) is 11.8. The Morgan fingerprint density at radius 3 is 2.86 bits per heavy atom. The molecule has 0 aliphatic rings. The molecule has 3 rings (SSSR count). The van der Waals surface area contributed by atoms with E-state index in [0.717, 1.165) is 15.8 Å². The summed E-state index contributed by atoms with van der Waals surface area (Å²) in [7, 11) is 1.61. The van der Waals surface area contributed by atoms with E-state index in [1.807, 2.05) is 30.5 Å². The summed E-state index contributed by atoms with van der Waals surface area (Å²) in [4.78, 5) is 12.2. The number of rotatable bonds is 4. The van der Waals surface area contributed by atoms with Gasteiger partial charge in [-0.3, -0.25) is 9.20 Å². The van der Waals surface area contributed by atoms with Gasteiger partial charge in [0.25, 0.3) is 0 Å². The molecular weight excluding hydrogens is 348 g/mol. The normalized spacial score (nSPS) is 10.6. The fraction of sp³-hybridized carbons (Fsp3) is 0.133. The van der Waals surface area contributed by atoms with Gasteiger partial charge in [-0.05, 0) is 39.7 Å². The van der Waals surface area contributed by atoms with Crippen molar-refractivity contribution in [1.29, 1.82) is 0 Å². The fourth-order valence-electron chi connectivity index (χ4n) is 2.12. The summed E-state index contributed by atoms with van der Waals surface area (Å²) in [6, 6.07) is 9.20. The van der Waals surface area contributed by atoms with Gasteiger partial charge in [0.1, 0.15) is 12.1 Å². The molecule has 1 aromatic carbocycles. The van der Waals surface area contributed by atoms with Crippen LogP contribution in [0.2, 0.25) is 0 Å². The number of carbonyl (C=O) groups is 1. The molecule has 0 aliphatic heterocycles. The van der Waals surface area contributed by atoms with E-state index in [9.17, 15) is 4.79 Å². The lowest BCUT2D eigenvalue weighted by Crippen LogP contribution is -2.15. The van der Waals surface area contributed by atoms with E-state index in [1.54, 1.807) is 23.9 Å². The second-order valence-corrected chi connectivity index (χ2v) is 5.62. The first kappa shape index (κ1) is 14.5. The highest BCUT2D eigenvalue weighted by Crippen LogP contribution is 2.21. The van der Waals surface area contributed by atoms with Crippen LogP contribution in [0.15, 0.2) is 47.3 Å².